The topological polar surface area (TPSA) is 123 Å². The highest BCUT2D eigenvalue weighted by Gasteiger charge is 2.28. The number of fused-ring (bicyclic) bond motifs is 1. The summed E-state index contributed by atoms with van der Waals surface area (Å²) >= 11 is 0. The number of nitrogens with zero attached hydrogens (tertiary/aromatic N) is 1. The van der Waals surface area contributed by atoms with Gasteiger partial charge in [-0.2, -0.15) is 0 Å². The molecule has 1 aliphatic heterocycles. The predicted octanol–water partition coefficient (Wildman–Crippen LogP) is 2.17. The third kappa shape index (κ3) is 5.37. The van der Waals surface area contributed by atoms with Crippen LogP contribution in [-0.4, -0.2) is 51.5 Å². The molecule has 10 heteroatoms. The Hall–Kier alpha value is -3.14. The van der Waals surface area contributed by atoms with E-state index >= 15 is 0 Å². The zero-order chi connectivity index (χ0) is 23.5. The summed E-state index contributed by atoms with van der Waals surface area (Å²) < 4.78 is 35.5. The molecule has 0 aliphatic carbocycles. The molecule has 0 bridgehead atoms. The number of anilines is 1. The molecule has 3 rings (SSSR count). The van der Waals surface area contributed by atoms with Gasteiger partial charge in [0.15, 0.2) is 18.2 Å². The first-order chi connectivity index (χ1) is 15.1. The number of amides is 1. The van der Waals surface area contributed by atoms with E-state index < -0.39 is 40.3 Å². The fourth-order valence-corrected chi connectivity index (χ4v) is 4.50. The lowest BCUT2D eigenvalue weighted by Gasteiger charge is -2.29. The second-order valence-electron chi connectivity index (χ2n) is 7.99. The van der Waals surface area contributed by atoms with Crippen LogP contribution >= 0.6 is 0 Å². The van der Waals surface area contributed by atoms with Gasteiger partial charge in [0.05, 0.1) is 18.2 Å². The molecule has 0 saturated carbocycles. The minimum absolute atomic E-state index is 0.0664. The number of Topliss-reactive ketones (excluding diaryl/α,β-unsaturated/α-hetero) is 1. The van der Waals surface area contributed by atoms with Gasteiger partial charge in [-0.25, -0.2) is 13.2 Å². The lowest BCUT2D eigenvalue weighted by Crippen LogP contribution is -2.45. The van der Waals surface area contributed by atoms with E-state index in [9.17, 15) is 22.8 Å². The van der Waals surface area contributed by atoms with Crippen LogP contribution in [0.4, 0.5) is 5.69 Å². The van der Waals surface area contributed by atoms with Gasteiger partial charge in [0.2, 0.25) is 10.0 Å². The number of carbonyl (C=O) groups is 3. The summed E-state index contributed by atoms with van der Waals surface area (Å²) in [4.78, 5) is 37.3. The maximum Gasteiger partial charge on any atom is 0.329 e. The number of ether oxygens (including phenoxy) is 1. The number of hydrogen-bond donors (Lipinski definition) is 1. The van der Waals surface area contributed by atoms with Crippen molar-refractivity contribution in [3.63, 3.8) is 0 Å². The van der Waals surface area contributed by atoms with Crippen molar-refractivity contribution < 1.29 is 32.0 Å². The van der Waals surface area contributed by atoms with Crippen molar-refractivity contribution in [1.29, 1.82) is 0 Å². The highest BCUT2D eigenvalue weighted by Crippen LogP contribution is 2.30. The molecule has 1 N–H and O–H groups in total. The number of aryl methyl sites for hydroxylation is 1. The summed E-state index contributed by atoms with van der Waals surface area (Å²) in [5.74, 6) is -1.91. The number of benzene rings is 1. The van der Waals surface area contributed by atoms with E-state index in [1.54, 1.807) is 32.0 Å². The summed E-state index contributed by atoms with van der Waals surface area (Å²) in [6.07, 6.45) is 3.80. The SMILES string of the molecule is CC(C)C(NC(=O)c1ccco1)C(=O)OCC(=O)c1ccc2c(c1)CCCN2S(C)(=O)=O. The Morgan fingerprint density at radius 1 is 1.22 bits per heavy atom. The summed E-state index contributed by atoms with van der Waals surface area (Å²) in [5.41, 5.74) is 1.64. The number of rotatable bonds is 8. The van der Waals surface area contributed by atoms with Gasteiger partial charge in [0, 0.05) is 12.1 Å². The average Bonchev–Trinajstić information content (AvgIpc) is 3.28. The highest BCUT2D eigenvalue weighted by atomic mass is 32.2. The molecule has 1 aromatic heterocycles. The fourth-order valence-electron chi connectivity index (χ4n) is 3.51. The van der Waals surface area contributed by atoms with E-state index in [2.05, 4.69) is 5.32 Å². The number of ketones is 1. The standard InChI is InChI=1S/C22H26N2O7S/c1-14(2)20(23-21(26)19-7-5-11-30-19)22(27)31-13-18(25)16-8-9-17-15(12-16)6-4-10-24(17)32(3,28)29/h5,7-9,11-12,14,20H,4,6,10,13H2,1-3H3,(H,23,26). The lowest BCUT2D eigenvalue weighted by atomic mass is 9.99. The van der Waals surface area contributed by atoms with Crippen molar-refractivity contribution in [1.82, 2.24) is 5.32 Å². The first kappa shape index (κ1) is 23.5. The Morgan fingerprint density at radius 3 is 2.59 bits per heavy atom. The number of nitrogens with one attached hydrogen (secondary N) is 1. The first-order valence-corrected chi connectivity index (χ1v) is 12.1. The lowest BCUT2D eigenvalue weighted by molar-refractivity contribution is -0.145. The number of carbonyl (C=O) groups excluding carboxylic acids is 3. The van der Waals surface area contributed by atoms with Crippen molar-refractivity contribution in [2.24, 2.45) is 5.92 Å². The van der Waals surface area contributed by atoms with Crippen molar-refractivity contribution in [3.8, 4) is 0 Å². The fraction of sp³-hybridized carbons (Fsp3) is 0.409. The molecule has 0 radical (unpaired) electrons. The third-order valence-electron chi connectivity index (χ3n) is 5.18. The highest BCUT2D eigenvalue weighted by molar-refractivity contribution is 7.92. The van der Waals surface area contributed by atoms with E-state index in [-0.39, 0.29) is 11.7 Å². The van der Waals surface area contributed by atoms with Gasteiger partial charge in [-0.15, -0.1) is 0 Å². The van der Waals surface area contributed by atoms with Crippen molar-refractivity contribution in [3.05, 3.63) is 53.5 Å². The minimum Gasteiger partial charge on any atom is -0.459 e. The normalized spacial score (nSPS) is 14.6. The predicted molar refractivity (Wildman–Crippen MR) is 117 cm³/mol. The molecule has 9 nitrogen and oxygen atoms in total. The summed E-state index contributed by atoms with van der Waals surface area (Å²) in [6, 6.07) is 6.85. The number of sulfonamides is 1. The largest absolute Gasteiger partial charge is 0.459 e. The van der Waals surface area contributed by atoms with Gasteiger partial charge in [-0.3, -0.25) is 13.9 Å². The molecule has 0 spiro atoms. The summed E-state index contributed by atoms with van der Waals surface area (Å²) in [6.45, 7) is 3.39. The van der Waals surface area contributed by atoms with Crippen molar-refractivity contribution in [2.45, 2.75) is 32.7 Å². The minimum atomic E-state index is -3.40. The van der Waals surface area contributed by atoms with E-state index in [1.165, 1.54) is 22.7 Å². The zero-order valence-electron chi connectivity index (χ0n) is 18.2. The van der Waals surface area contributed by atoms with Crippen LogP contribution in [0.5, 0.6) is 0 Å². The number of furan rings is 1. The Kier molecular flexibility index (Phi) is 7.02. The van der Waals surface area contributed by atoms with E-state index in [4.69, 9.17) is 9.15 Å². The van der Waals surface area contributed by atoms with Crippen LogP contribution in [0, 0.1) is 5.92 Å². The molecule has 1 aliphatic rings. The van der Waals surface area contributed by atoms with Crippen LogP contribution in [0.15, 0.2) is 41.0 Å². The van der Waals surface area contributed by atoms with Crippen LogP contribution in [0.1, 0.15) is 46.7 Å². The zero-order valence-corrected chi connectivity index (χ0v) is 19.0. The first-order valence-electron chi connectivity index (χ1n) is 10.2. The molecular weight excluding hydrogens is 436 g/mol. The molecule has 2 aromatic rings. The molecule has 0 saturated heterocycles. The van der Waals surface area contributed by atoms with Crippen LogP contribution in [0.2, 0.25) is 0 Å². The number of hydrogen-bond acceptors (Lipinski definition) is 7. The Balaban J connectivity index is 1.65. The second kappa shape index (κ2) is 9.56. The monoisotopic (exact) mass is 462 g/mol. The van der Waals surface area contributed by atoms with Gasteiger partial charge in [0.1, 0.15) is 6.04 Å². The van der Waals surface area contributed by atoms with Crippen molar-refractivity contribution in [2.75, 3.05) is 23.7 Å². The molecule has 0 fully saturated rings. The number of esters is 1. The molecule has 32 heavy (non-hydrogen) atoms. The molecule has 1 aromatic carbocycles. The van der Waals surface area contributed by atoms with Crippen LogP contribution in [0.25, 0.3) is 0 Å². The quantitative estimate of drug-likeness (QED) is 0.471. The molecule has 172 valence electrons. The Morgan fingerprint density at radius 2 is 1.97 bits per heavy atom. The van der Waals surface area contributed by atoms with Crippen LogP contribution < -0.4 is 9.62 Å². The third-order valence-corrected chi connectivity index (χ3v) is 6.36. The van der Waals surface area contributed by atoms with Gasteiger partial charge >= 0.3 is 5.97 Å². The van der Waals surface area contributed by atoms with Gasteiger partial charge < -0.3 is 14.5 Å². The second-order valence-corrected chi connectivity index (χ2v) is 9.89. The molecular formula is C22H26N2O7S. The smallest absolute Gasteiger partial charge is 0.329 e. The van der Waals surface area contributed by atoms with Gasteiger partial charge in [-0.1, -0.05) is 13.8 Å². The Labute approximate surface area is 186 Å². The molecule has 2 heterocycles. The van der Waals surface area contributed by atoms with Crippen molar-refractivity contribution >= 4 is 33.4 Å². The average molecular weight is 463 g/mol. The molecule has 1 atom stereocenters. The van der Waals surface area contributed by atoms with E-state index in [0.717, 1.165) is 11.8 Å². The van der Waals surface area contributed by atoms with Gasteiger partial charge in [0.25, 0.3) is 5.91 Å². The van der Waals surface area contributed by atoms with Crippen LogP contribution in [0.3, 0.4) is 0 Å². The summed E-state index contributed by atoms with van der Waals surface area (Å²) in [7, 11) is -3.40. The molecule has 1 amide bonds. The van der Waals surface area contributed by atoms with E-state index in [1.807, 2.05) is 0 Å². The van der Waals surface area contributed by atoms with E-state index in [0.29, 0.717) is 30.6 Å². The van der Waals surface area contributed by atoms with Crippen LogP contribution in [-0.2, 0) is 26.0 Å². The maximum atomic E-state index is 12.6. The summed E-state index contributed by atoms with van der Waals surface area (Å²) in [5, 5.41) is 2.56. The van der Waals surface area contributed by atoms with Gasteiger partial charge in [-0.05, 0) is 54.7 Å². The Bertz CT molecular complexity index is 1110. The molecule has 1 unspecified atom stereocenters. The maximum absolute atomic E-state index is 12.6.